The van der Waals surface area contributed by atoms with Gasteiger partial charge in [0.05, 0.1) is 6.61 Å². The fraction of sp³-hybridized carbons (Fsp3) is 0.909. The SMILES string of the molecule is CN=C(N)NCC1CCN(CCOC)CC1.I. The number of ether oxygens (including phenoxy) is 1. The number of rotatable bonds is 5. The van der Waals surface area contributed by atoms with Crippen LogP contribution in [0.3, 0.4) is 0 Å². The molecule has 0 amide bonds. The van der Waals surface area contributed by atoms with E-state index in [1.807, 2.05) is 0 Å². The molecule has 17 heavy (non-hydrogen) atoms. The molecular formula is C11H25IN4O. The van der Waals surface area contributed by atoms with Crippen LogP contribution < -0.4 is 11.1 Å². The van der Waals surface area contributed by atoms with Gasteiger partial charge >= 0.3 is 0 Å². The molecule has 3 N–H and O–H groups in total. The predicted molar refractivity (Wildman–Crippen MR) is 82.0 cm³/mol. The largest absolute Gasteiger partial charge is 0.383 e. The van der Waals surface area contributed by atoms with Gasteiger partial charge in [-0.05, 0) is 31.8 Å². The third kappa shape index (κ3) is 7.05. The fourth-order valence-electron chi connectivity index (χ4n) is 1.96. The maximum Gasteiger partial charge on any atom is 0.188 e. The van der Waals surface area contributed by atoms with Crippen LogP contribution in [0.2, 0.25) is 0 Å². The zero-order valence-electron chi connectivity index (χ0n) is 10.8. The highest BCUT2D eigenvalue weighted by Crippen LogP contribution is 2.15. The molecule has 0 unspecified atom stereocenters. The topological polar surface area (TPSA) is 62.9 Å². The van der Waals surface area contributed by atoms with Crippen LogP contribution in [0.1, 0.15) is 12.8 Å². The second-order valence-electron chi connectivity index (χ2n) is 4.27. The van der Waals surface area contributed by atoms with Crippen molar-refractivity contribution >= 4 is 29.9 Å². The quantitative estimate of drug-likeness (QED) is 0.428. The van der Waals surface area contributed by atoms with Gasteiger partial charge in [0.1, 0.15) is 0 Å². The Balaban J connectivity index is 0.00000256. The lowest BCUT2D eigenvalue weighted by atomic mass is 9.97. The molecule has 0 aromatic heterocycles. The van der Waals surface area contributed by atoms with Crippen molar-refractivity contribution in [2.24, 2.45) is 16.6 Å². The number of halogens is 1. The minimum absolute atomic E-state index is 0. The van der Waals surface area contributed by atoms with Crippen molar-refractivity contribution in [3.05, 3.63) is 0 Å². The lowest BCUT2D eigenvalue weighted by Gasteiger charge is -2.31. The van der Waals surface area contributed by atoms with E-state index in [1.165, 1.54) is 25.9 Å². The standard InChI is InChI=1S/C11H24N4O.HI/c1-13-11(12)14-9-10-3-5-15(6-4-10)7-8-16-2;/h10H,3-9H2,1-2H3,(H3,12,13,14);1H. The average molecular weight is 356 g/mol. The molecule has 0 aromatic carbocycles. The molecule has 102 valence electrons. The summed E-state index contributed by atoms with van der Waals surface area (Å²) in [5.41, 5.74) is 5.60. The highest BCUT2D eigenvalue weighted by Gasteiger charge is 2.18. The van der Waals surface area contributed by atoms with Gasteiger partial charge in [-0.25, -0.2) is 0 Å². The molecule has 0 bridgehead atoms. The Bertz CT molecular complexity index is 218. The highest BCUT2D eigenvalue weighted by molar-refractivity contribution is 14.0. The Morgan fingerprint density at radius 3 is 2.65 bits per heavy atom. The summed E-state index contributed by atoms with van der Waals surface area (Å²) >= 11 is 0. The summed E-state index contributed by atoms with van der Waals surface area (Å²) in [4.78, 5) is 6.34. The Labute approximate surface area is 121 Å². The van der Waals surface area contributed by atoms with Crippen molar-refractivity contribution in [3.8, 4) is 0 Å². The summed E-state index contributed by atoms with van der Waals surface area (Å²) in [6.45, 7) is 5.16. The summed E-state index contributed by atoms with van der Waals surface area (Å²) in [5.74, 6) is 1.26. The van der Waals surface area contributed by atoms with Gasteiger partial charge in [-0.2, -0.15) is 0 Å². The molecule has 0 atom stereocenters. The molecule has 5 nitrogen and oxygen atoms in total. The Kier molecular flexibility index (Phi) is 9.85. The van der Waals surface area contributed by atoms with E-state index in [2.05, 4.69) is 15.2 Å². The average Bonchev–Trinajstić information content (AvgIpc) is 2.34. The number of guanidine groups is 1. The van der Waals surface area contributed by atoms with E-state index in [9.17, 15) is 0 Å². The second-order valence-corrected chi connectivity index (χ2v) is 4.27. The zero-order chi connectivity index (χ0) is 11.8. The summed E-state index contributed by atoms with van der Waals surface area (Å²) < 4.78 is 5.08. The van der Waals surface area contributed by atoms with E-state index in [4.69, 9.17) is 10.5 Å². The van der Waals surface area contributed by atoms with Crippen LogP contribution in [-0.4, -0.2) is 57.8 Å². The number of nitrogens with one attached hydrogen (secondary N) is 1. The first-order valence-corrected chi connectivity index (χ1v) is 5.93. The van der Waals surface area contributed by atoms with Crippen molar-refractivity contribution in [2.75, 3.05) is 46.9 Å². The van der Waals surface area contributed by atoms with Crippen molar-refractivity contribution < 1.29 is 4.74 Å². The molecule has 0 aliphatic carbocycles. The van der Waals surface area contributed by atoms with Gasteiger partial charge in [0.25, 0.3) is 0 Å². The van der Waals surface area contributed by atoms with E-state index < -0.39 is 0 Å². The summed E-state index contributed by atoms with van der Waals surface area (Å²) in [5, 5.41) is 3.14. The number of aliphatic imine (C=N–C) groups is 1. The van der Waals surface area contributed by atoms with Crippen LogP contribution in [-0.2, 0) is 4.74 Å². The van der Waals surface area contributed by atoms with Gasteiger partial charge in [-0.3, -0.25) is 4.99 Å². The molecule has 1 aliphatic heterocycles. The van der Waals surface area contributed by atoms with Crippen molar-refractivity contribution in [3.63, 3.8) is 0 Å². The molecule has 1 heterocycles. The first kappa shape index (κ1) is 16.9. The van der Waals surface area contributed by atoms with Gasteiger partial charge < -0.3 is 20.7 Å². The molecule has 0 aromatic rings. The van der Waals surface area contributed by atoms with E-state index in [-0.39, 0.29) is 24.0 Å². The molecule has 1 fully saturated rings. The van der Waals surface area contributed by atoms with Crippen molar-refractivity contribution in [1.82, 2.24) is 10.2 Å². The Morgan fingerprint density at radius 2 is 2.12 bits per heavy atom. The van der Waals surface area contributed by atoms with Crippen LogP contribution in [0.25, 0.3) is 0 Å². The van der Waals surface area contributed by atoms with Gasteiger partial charge in [0.2, 0.25) is 0 Å². The van der Waals surface area contributed by atoms with Crippen molar-refractivity contribution in [2.45, 2.75) is 12.8 Å². The summed E-state index contributed by atoms with van der Waals surface area (Å²) in [6, 6.07) is 0. The zero-order valence-corrected chi connectivity index (χ0v) is 13.1. The number of likely N-dealkylation sites (tertiary alicyclic amines) is 1. The molecular weight excluding hydrogens is 331 g/mol. The molecule has 1 saturated heterocycles. The number of piperidine rings is 1. The lowest BCUT2D eigenvalue weighted by Crippen LogP contribution is -2.41. The van der Waals surface area contributed by atoms with Gasteiger partial charge in [-0.1, -0.05) is 0 Å². The van der Waals surface area contributed by atoms with Crippen LogP contribution >= 0.6 is 24.0 Å². The smallest absolute Gasteiger partial charge is 0.188 e. The molecule has 1 aliphatic rings. The van der Waals surface area contributed by atoms with Gasteiger partial charge in [0, 0.05) is 27.2 Å². The Morgan fingerprint density at radius 1 is 1.47 bits per heavy atom. The fourth-order valence-corrected chi connectivity index (χ4v) is 1.96. The minimum Gasteiger partial charge on any atom is -0.383 e. The van der Waals surface area contributed by atoms with Gasteiger partial charge in [-0.15, -0.1) is 24.0 Å². The number of hydrogen-bond donors (Lipinski definition) is 2. The third-order valence-electron chi connectivity index (χ3n) is 3.13. The maximum absolute atomic E-state index is 5.60. The van der Waals surface area contributed by atoms with E-state index in [0.29, 0.717) is 5.96 Å². The van der Waals surface area contributed by atoms with Crippen molar-refractivity contribution in [1.29, 1.82) is 0 Å². The van der Waals surface area contributed by atoms with Gasteiger partial charge in [0.15, 0.2) is 5.96 Å². The van der Waals surface area contributed by atoms with Crippen LogP contribution in [0.15, 0.2) is 4.99 Å². The first-order valence-electron chi connectivity index (χ1n) is 5.93. The molecule has 0 spiro atoms. The predicted octanol–water partition coefficient (Wildman–Crippen LogP) is 0.497. The number of hydrogen-bond acceptors (Lipinski definition) is 3. The second kappa shape index (κ2) is 9.90. The lowest BCUT2D eigenvalue weighted by molar-refractivity contribution is 0.121. The van der Waals surface area contributed by atoms with E-state index in [0.717, 1.165) is 25.6 Å². The first-order chi connectivity index (χ1) is 7.76. The van der Waals surface area contributed by atoms with E-state index >= 15 is 0 Å². The molecule has 0 radical (unpaired) electrons. The maximum atomic E-state index is 5.60. The number of nitrogens with zero attached hydrogens (tertiary/aromatic N) is 2. The minimum atomic E-state index is 0. The van der Waals surface area contributed by atoms with E-state index in [1.54, 1.807) is 14.2 Å². The number of nitrogens with two attached hydrogens (primary N) is 1. The molecule has 0 saturated carbocycles. The van der Waals surface area contributed by atoms with Crippen LogP contribution in [0, 0.1) is 5.92 Å². The third-order valence-corrected chi connectivity index (χ3v) is 3.13. The highest BCUT2D eigenvalue weighted by atomic mass is 127. The Hall–Kier alpha value is -0.0800. The summed E-state index contributed by atoms with van der Waals surface area (Å²) in [6.07, 6.45) is 2.46. The normalized spacial score (nSPS) is 18.8. The monoisotopic (exact) mass is 356 g/mol. The number of methoxy groups -OCH3 is 1. The van der Waals surface area contributed by atoms with Crippen LogP contribution in [0.4, 0.5) is 0 Å². The molecule has 1 rings (SSSR count). The van der Waals surface area contributed by atoms with Crippen LogP contribution in [0.5, 0.6) is 0 Å². The molecule has 6 heteroatoms. The summed E-state index contributed by atoms with van der Waals surface area (Å²) in [7, 11) is 3.46.